The van der Waals surface area contributed by atoms with Crippen LogP contribution in [0.2, 0.25) is 0 Å². The zero-order valence-corrected chi connectivity index (χ0v) is 13.4. The van der Waals surface area contributed by atoms with E-state index >= 15 is 0 Å². The summed E-state index contributed by atoms with van der Waals surface area (Å²) in [6.07, 6.45) is -0.881. The maximum atomic E-state index is 12.8. The highest BCUT2D eigenvalue weighted by Crippen LogP contribution is 2.21. The Kier molecular flexibility index (Phi) is 5.02. The van der Waals surface area contributed by atoms with Crippen LogP contribution >= 0.6 is 11.3 Å². The molecule has 1 amide bonds. The molecule has 0 saturated heterocycles. The summed E-state index contributed by atoms with van der Waals surface area (Å²) in [7, 11) is 0. The summed E-state index contributed by atoms with van der Waals surface area (Å²) in [5.74, 6) is -0.240. The number of hydrogen-bond donors (Lipinski definition) is 2. The van der Waals surface area contributed by atoms with Gasteiger partial charge in [-0.1, -0.05) is 12.1 Å². The predicted molar refractivity (Wildman–Crippen MR) is 89.9 cm³/mol. The van der Waals surface area contributed by atoms with Gasteiger partial charge in [0.2, 0.25) is 0 Å². The third-order valence-corrected chi connectivity index (χ3v) is 4.28. The minimum absolute atomic E-state index is 0.00818. The van der Waals surface area contributed by atoms with Gasteiger partial charge in [0.15, 0.2) is 5.01 Å². The Bertz CT molecular complexity index is 802. The van der Waals surface area contributed by atoms with Crippen molar-refractivity contribution in [2.45, 2.75) is 6.10 Å². The fraction of sp³-hybridized carbons (Fsp3) is 0.176. The van der Waals surface area contributed by atoms with Crippen molar-refractivity contribution in [1.82, 2.24) is 10.3 Å². The van der Waals surface area contributed by atoms with Crippen LogP contribution in [0.25, 0.3) is 10.2 Å². The number of aromatic nitrogens is 1. The van der Waals surface area contributed by atoms with Gasteiger partial charge in [0.25, 0.3) is 5.91 Å². The van der Waals surface area contributed by atoms with Gasteiger partial charge >= 0.3 is 0 Å². The summed E-state index contributed by atoms with van der Waals surface area (Å²) in [5, 5.41) is 12.8. The Hall–Kier alpha value is -2.51. The number of hydrogen-bond acceptors (Lipinski definition) is 5. The van der Waals surface area contributed by atoms with Crippen LogP contribution in [0, 0.1) is 5.82 Å². The number of nitrogens with one attached hydrogen (secondary N) is 1. The molecule has 0 fully saturated rings. The Morgan fingerprint density at radius 2 is 2.00 bits per heavy atom. The summed E-state index contributed by atoms with van der Waals surface area (Å²) < 4.78 is 19.0. The molecule has 0 saturated carbocycles. The van der Waals surface area contributed by atoms with Crippen molar-refractivity contribution in [3.8, 4) is 5.75 Å². The van der Waals surface area contributed by atoms with E-state index in [0.29, 0.717) is 10.8 Å². The molecule has 1 aromatic heterocycles. The Morgan fingerprint density at radius 3 is 2.75 bits per heavy atom. The number of rotatable bonds is 6. The van der Waals surface area contributed by atoms with E-state index in [-0.39, 0.29) is 24.9 Å². The Balaban J connectivity index is 1.49. The number of aliphatic hydroxyl groups excluding tert-OH is 1. The van der Waals surface area contributed by atoms with E-state index in [4.69, 9.17) is 4.74 Å². The van der Waals surface area contributed by atoms with Crippen LogP contribution in [0.1, 0.15) is 9.80 Å². The van der Waals surface area contributed by atoms with Gasteiger partial charge in [0.1, 0.15) is 24.3 Å². The molecule has 0 radical (unpaired) electrons. The average molecular weight is 346 g/mol. The number of nitrogens with zero attached hydrogens (tertiary/aromatic N) is 1. The van der Waals surface area contributed by atoms with E-state index in [1.165, 1.54) is 35.6 Å². The summed E-state index contributed by atoms with van der Waals surface area (Å²) in [6.45, 7) is 0.0295. The third-order valence-electron chi connectivity index (χ3n) is 3.24. The number of halogens is 1. The number of benzene rings is 2. The molecule has 2 aromatic carbocycles. The highest BCUT2D eigenvalue weighted by molar-refractivity contribution is 7.20. The van der Waals surface area contributed by atoms with Gasteiger partial charge in [-0.25, -0.2) is 9.37 Å². The Morgan fingerprint density at radius 1 is 1.25 bits per heavy atom. The van der Waals surface area contributed by atoms with Crippen LogP contribution in [-0.2, 0) is 0 Å². The number of ether oxygens (including phenoxy) is 1. The first-order valence-electron chi connectivity index (χ1n) is 7.32. The first-order valence-corrected chi connectivity index (χ1v) is 8.13. The number of para-hydroxylation sites is 1. The van der Waals surface area contributed by atoms with Gasteiger partial charge in [-0.05, 0) is 36.4 Å². The number of carbonyl (C=O) groups is 1. The first kappa shape index (κ1) is 16.4. The fourth-order valence-corrected chi connectivity index (χ4v) is 2.92. The molecule has 124 valence electrons. The zero-order chi connectivity index (χ0) is 16.9. The molecule has 24 heavy (non-hydrogen) atoms. The maximum absolute atomic E-state index is 12.8. The van der Waals surface area contributed by atoms with E-state index in [1.54, 1.807) is 0 Å². The lowest BCUT2D eigenvalue weighted by atomic mass is 10.3. The molecule has 1 atom stereocenters. The summed E-state index contributed by atoms with van der Waals surface area (Å²) in [5.41, 5.74) is 0.771. The van der Waals surface area contributed by atoms with E-state index in [9.17, 15) is 14.3 Å². The van der Waals surface area contributed by atoms with E-state index in [2.05, 4.69) is 10.3 Å². The minimum Gasteiger partial charge on any atom is -0.491 e. The van der Waals surface area contributed by atoms with Gasteiger partial charge < -0.3 is 15.2 Å². The fourth-order valence-electron chi connectivity index (χ4n) is 2.04. The lowest BCUT2D eigenvalue weighted by Gasteiger charge is -2.12. The molecule has 0 aliphatic heterocycles. The third kappa shape index (κ3) is 4.06. The largest absolute Gasteiger partial charge is 0.491 e. The normalized spacial score (nSPS) is 12.1. The van der Waals surface area contributed by atoms with Crippen molar-refractivity contribution in [1.29, 1.82) is 0 Å². The standard InChI is InChI=1S/C17H15FN2O3S/c18-11-5-7-13(8-6-11)23-10-12(21)9-19-16(22)17-20-14-3-1-2-4-15(14)24-17/h1-8,12,21H,9-10H2,(H,19,22). The van der Waals surface area contributed by atoms with E-state index in [0.717, 1.165) is 10.2 Å². The van der Waals surface area contributed by atoms with E-state index < -0.39 is 6.10 Å². The SMILES string of the molecule is O=C(NCC(O)COc1ccc(F)cc1)c1nc2ccccc2s1. The molecule has 1 unspecified atom stereocenters. The number of carbonyl (C=O) groups excluding carboxylic acids is 1. The van der Waals surface area contributed by atoms with Gasteiger partial charge in [0, 0.05) is 6.54 Å². The van der Waals surface area contributed by atoms with Gasteiger partial charge in [-0.3, -0.25) is 4.79 Å². The van der Waals surface area contributed by atoms with Crippen LogP contribution in [0.15, 0.2) is 48.5 Å². The number of fused-ring (bicyclic) bond motifs is 1. The molecule has 1 heterocycles. The lowest BCUT2D eigenvalue weighted by Crippen LogP contribution is -2.35. The van der Waals surface area contributed by atoms with Crippen molar-refractivity contribution in [3.63, 3.8) is 0 Å². The molecular weight excluding hydrogens is 331 g/mol. The molecule has 0 spiro atoms. The van der Waals surface area contributed by atoms with Gasteiger partial charge in [0.05, 0.1) is 10.2 Å². The molecule has 0 bridgehead atoms. The molecule has 5 nitrogen and oxygen atoms in total. The second-order valence-electron chi connectivity index (χ2n) is 5.12. The van der Waals surface area contributed by atoms with Crippen LogP contribution < -0.4 is 10.1 Å². The van der Waals surface area contributed by atoms with Crippen molar-refractivity contribution in [3.05, 3.63) is 59.4 Å². The predicted octanol–water partition coefficient (Wildman–Crippen LogP) is 2.61. The number of aliphatic hydroxyl groups is 1. The quantitative estimate of drug-likeness (QED) is 0.720. The molecule has 0 aliphatic carbocycles. The van der Waals surface area contributed by atoms with Gasteiger partial charge in [-0.15, -0.1) is 11.3 Å². The smallest absolute Gasteiger partial charge is 0.280 e. The van der Waals surface area contributed by atoms with Crippen molar-refractivity contribution >= 4 is 27.5 Å². The monoisotopic (exact) mass is 346 g/mol. The highest BCUT2D eigenvalue weighted by Gasteiger charge is 2.14. The van der Waals surface area contributed by atoms with Crippen LogP contribution in [-0.4, -0.2) is 35.3 Å². The topological polar surface area (TPSA) is 71.5 Å². The summed E-state index contributed by atoms with van der Waals surface area (Å²) in [4.78, 5) is 16.3. The summed E-state index contributed by atoms with van der Waals surface area (Å²) >= 11 is 1.30. The second kappa shape index (κ2) is 7.37. The van der Waals surface area contributed by atoms with Crippen LogP contribution in [0.3, 0.4) is 0 Å². The maximum Gasteiger partial charge on any atom is 0.280 e. The zero-order valence-electron chi connectivity index (χ0n) is 12.6. The highest BCUT2D eigenvalue weighted by atomic mass is 32.1. The van der Waals surface area contributed by atoms with Gasteiger partial charge in [-0.2, -0.15) is 0 Å². The van der Waals surface area contributed by atoms with Crippen LogP contribution in [0.4, 0.5) is 4.39 Å². The molecule has 3 aromatic rings. The van der Waals surface area contributed by atoms with E-state index in [1.807, 2.05) is 24.3 Å². The molecule has 0 aliphatic rings. The molecule has 2 N–H and O–H groups in total. The molecule has 3 rings (SSSR count). The second-order valence-corrected chi connectivity index (χ2v) is 6.15. The Labute approximate surface area is 141 Å². The lowest BCUT2D eigenvalue weighted by molar-refractivity contribution is 0.0843. The first-order chi connectivity index (χ1) is 11.6. The van der Waals surface area contributed by atoms with Crippen molar-refractivity contribution in [2.75, 3.05) is 13.2 Å². The van der Waals surface area contributed by atoms with Crippen molar-refractivity contribution in [2.24, 2.45) is 0 Å². The molecular formula is C17H15FN2O3S. The minimum atomic E-state index is -0.881. The molecule has 7 heteroatoms. The van der Waals surface area contributed by atoms with Crippen LogP contribution in [0.5, 0.6) is 5.75 Å². The van der Waals surface area contributed by atoms with Crippen molar-refractivity contribution < 1.29 is 19.0 Å². The number of amides is 1. The average Bonchev–Trinajstić information content (AvgIpc) is 3.03. The summed E-state index contributed by atoms with van der Waals surface area (Å²) in [6, 6.07) is 13.0. The number of thiazole rings is 1.